The second-order valence-electron chi connectivity index (χ2n) is 8.31. The van der Waals surface area contributed by atoms with Gasteiger partial charge in [-0.2, -0.15) is 5.10 Å². The first kappa shape index (κ1) is 19.4. The summed E-state index contributed by atoms with van der Waals surface area (Å²) in [5, 5.41) is 13.9. The van der Waals surface area contributed by atoms with Gasteiger partial charge in [0.25, 0.3) is 5.91 Å². The fourth-order valence-electron chi connectivity index (χ4n) is 4.12. The predicted molar refractivity (Wildman–Crippen MR) is 118 cm³/mol. The van der Waals surface area contributed by atoms with Crippen LogP contribution in [0.25, 0.3) is 21.9 Å². The van der Waals surface area contributed by atoms with Crippen LogP contribution in [0.2, 0.25) is 0 Å². The number of carbonyl (C=O) groups is 1. The molecule has 0 spiro atoms. The Morgan fingerprint density at radius 3 is 2.76 bits per heavy atom. The fraction of sp³-hybridized carbons (Fsp3) is 0.375. The Balaban J connectivity index is 1.74. The van der Waals surface area contributed by atoms with Crippen LogP contribution in [0.1, 0.15) is 49.5 Å². The first-order valence-electron chi connectivity index (χ1n) is 10.4. The first-order chi connectivity index (χ1) is 13.9. The number of carbonyl (C=O) groups excluding carboxylic acids is 1. The van der Waals surface area contributed by atoms with Gasteiger partial charge in [-0.05, 0) is 81.5 Å². The van der Waals surface area contributed by atoms with Crippen LogP contribution in [0, 0.1) is 6.92 Å². The SMILES string of the molecule is Cc1ccc(C(=O)NC(C)C)cc1-c1ccc2c(N3CCC[C@H]3C)nncc2c1. The number of nitrogens with one attached hydrogen (secondary N) is 1. The summed E-state index contributed by atoms with van der Waals surface area (Å²) >= 11 is 0. The van der Waals surface area contributed by atoms with E-state index >= 15 is 0 Å². The van der Waals surface area contributed by atoms with Crippen LogP contribution >= 0.6 is 0 Å². The molecule has 2 aromatic carbocycles. The summed E-state index contributed by atoms with van der Waals surface area (Å²) in [5.41, 5.74) is 3.97. The van der Waals surface area contributed by atoms with Crippen molar-refractivity contribution in [3.05, 3.63) is 53.7 Å². The molecule has 0 bridgehead atoms. The number of hydrogen-bond donors (Lipinski definition) is 1. The lowest BCUT2D eigenvalue weighted by Crippen LogP contribution is -2.30. The van der Waals surface area contributed by atoms with Crippen molar-refractivity contribution >= 4 is 22.5 Å². The molecule has 1 amide bonds. The number of benzene rings is 2. The lowest BCUT2D eigenvalue weighted by atomic mass is 9.96. The number of fused-ring (bicyclic) bond motifs is 1. The van der Waals surface area contributed by atoms with Crippen molar-refractivity contribution in [2.24, 2.45) is 0 Å². The first-order valence-corrected chi connectivity index (χ1v) is 10.4. The third-order valence-corrected chi connectivity index (χ3v) is 5.70. The van der Waals surface area contributed by atoms with Crippen LogP contribution in [0.3, 0.4) is 0 Å². The van der Waals surface area contributed by atoms with Crippen LogP contribution in [0.15, 0.2) is 42.6 Å². The van der Waals surface area contributed by atoms with Gasteiger partial charge in [-0.25, -0.2) is 0 Å². The van der Waals surface area contributed by atoms with Gasteiger partial charge in [-0.1, -0.05) is 12.1 Å². The van der Waals surface area contributed by atoms with Crippen LogP contribution in [-0.2, 0) is 0 Å². The van der Waals surface area contributed by atoms with E-state index in [0.717, 1.165) is 39.8 Å². The Labute approximate surface area is 172 Å². The standard InChI is InChI=1S/C24H28N4O/c1-15(2)26-24(29)19-8-7-16(3)22(13-19)18-9-10-21-20(12-18)14-25-27-23(21)28-11-5-6-17(28)4/h7-10,12-15,17H,5-6,11H2,1-4H3,(H,26,29)/t17-/m1/s1. The monoisotopic (exact) mass is 388 g/mol. The largest absolute Gasteiger partial charge is 0.352 e. The van der Waals surface area contributed by atoms with Gasteiger partial charge in [-0.3, -0.25) is 4.79 Å². The summed E-state index contributed by atoms with van der Waals surface area (Å²) < 4.78 is 0. The van der Waals surface area contributed by atoms with Gasteiger partial charge in [-0.15, -0.1) is 5.10 Å². The molecule has 0 radical (unpaired) electrons. The predicted octanol–water partition coefficient (Wildman–Crippen LogP) is 4.73. The van der Waals surface area contributed by atoms with E-state index < -0.39 is 0 Å². The second kappa shape index (κ2) is 7.82. The highest BCUT2D eigenvalue weighted by atomic mass is 16.1. The summed E-state index contributed by atoms with van der Waals surface area (Å²) in [6.07, 6.45) is 4.22. The molecule has 0 saturated carbocycles. The van der Waals surface area contributed by atoms with Gasteiger partial charge in [0.05, 0.1) is 6.20 Å². The number of rotatable bonds is 4. The van der Waals surface area contributed by atoms with Crippen molar-refractivity contribution in [1.29, 1.82) is 0 Å². The molecular weight excluding hydrogens is 360 g/mol. The summed E-state index contributed by atoms with van der Waals surface area (Å²) in [4.78, 5) is 14.8. The van der Waals surface area contributed by atoms with E-state index in [1.807, 2.05) is 38.2 Å². The Hall–Kier alpha value is -2.95. The van der Waals surface area contributed by atoms with Gasteiger partial charge in [0.1, 0.15) is 0 Å². The Bertz CT molecular complexity index is 1060. The van der Waals surface area contributed by atoms with Crippen LogP contribution in [0.4, 0.5) is 5.82 Å². The molecule has 4 rings (SSSR count). The molecule has 0 aliphatic carbocycles. The Morgan fingerprint density at radius 1 is 1.21 bits per heavy atom. The zero-order valence-electron chi connectivity index (χ0n) is 17.6. The summed E-state index contributed by atoms with van der Waals surface area (Å²) in [6, 6.07) is 12.9. The highest BCUT2D eigenvalue weighted by molar-refractivity contribution is 5.97. The minimum atomic E-state index is -0.0433. The van der Waals surface area contributed by atoms with Crippen molar-refractivity contribution in [3.8, 4) is 11.1 Å². The minimum Gasteiger partial charge on any atom is -0.352 e. The smallest absolute Gasteiger partial charge is 0.251 e. The van der Waals surface area contributed by atoms with Crippen LogP contribution in [-0.4, -0.2) is 34.7 Å². The van der Waals surface area contributed by atoms with Crippen molar-refractivity contribution < 1.29 is 4.79 Å². The Morgan fingerprint density at radius 2 is 2.03 bits per heavy atom. The Kier molecular flexibility index (Phi) is 5.22. The van der Waals surface area contributed by atoms with Crippen molar-refractivity contribution in [2.45, 2.75) is 52.6 Å². The molecule has 1 fully saturated rings. The molecule has 5 heteroatoms. The van der Waals surface area contributed by atoms with Gasteiger partial charge < -0.3 is 10.2 Å². The van der Waals surface area contributed by atoms with Crippen molar-refractivity contribution in [2.75, 3.05) is 11.4 Å². The number of amides is 1. The van der Waals surface area contributed by atoms with Crippen molar-refractivity contribution in [1.82, 2.24) is 15.5 Å². The maximum absolute atomic E-state index is 12.4. The average Bonchev–Trinajstić information content (AvgIpc) is 3.12. The van der Waals surface area contributed by atoms with Crippen LogP contribution < -0.4 is 10.2 Å². The van der Waals surface area contributed by atoms with Crippen LogP contribution in [0.5, 0.6) is 0 Å². The molecule has 1 aromatic heterocycles. The molecule has 1 N–H and O–H groups in total. The molecule has 1 aliphatic heterocycles. The lowest BCUT2D eigenvalue weighted by molar-refractivity contribution is 0.0943. The normalized spacial score (nSPS) is 16.6. The number of nitrogens with zero attached hydrogens (tertiary/aromatic N) is 3. The topological polar surface area (TPSA) is 58.1 Å². The van der Waals surface area contributed by atoms with E-state index in [4.69, 9.17) is 0 Å². The summed E-state index contributed by atoms with van der Waals surface area (Å²) in [5.74, 6) is 0.930. The van der Waals surface area contributed by atoms with Gasteiger partial charge >= 0.3 is 0 Å². The van der Waals surface area contributed by atoms with E-state index in [9.17, 15) is 4.79 Å². The molecule has 5 nitrogen and oxygen atoms in total. The summed E-state index contributed by atoms with van der Waals surface area (Å²) in [7, 11) is 0. The minimum absolute atomic E-state index is 0.0433. The van der Waals surface area contributed by atoms with E-state index in [0.29, 0.717) is 11.6 Å². The average molecular weight is 389 g/mol. The molecular formula is C24H28N4O. The van der Waals surface area contributed by atoms with Gasteiger partial charge in [0.15, 0.2) is 5.82 Å². The molecule has 0 unspecified atom stereocenters. The molecule has 1 aliphatic rings. The van der Waals surface area contributed by atoms with E-state index in [1.54, 1.807) is 0 Å². The zero-order chi connectivity index (χ0) is 20.5. The van der Waals surface area contributed by atoms with Gasteiger partial charge in [0.2, 0.25) is 0 Å². The lowest BCUT2D eigenvalue weighted by Gasteiger charge is -2.23. The number of anilines is 1. The maximum Gasteiger partial charge on any atom is 0.251 e. The molecule has 1 saturated heterocycles. The van der Waals surface area contributed by atoms with Gasteiger partial charge in [0, 0.05) is 35.0 Å². The van der Waals surface area contributed by atoms with E-state index in [-0.39, 0.29) is 11.9 Å². The molecule has 3 aromatic rings. The summed E-state index contributed by atoms with van der Waals surface area (Å²) in [6.45, 7) is 9.29. The third kappa shape index (κ3) is 3.82. The van der Waals surface area contributed by atoms with E-state index in [1.165, 1.54) is 12.8 Å². The number of hydrogen-bond acceptors (Lipinski definition) is 4. The third-order valence-electron chi connectivity index (χ3n) is 5.70. The fourth-order valence-corrected chi connectivity index (χ4v) is 4.12. The highest BCUT2D eigenvalue weighted by Gasteiger charge is 2.23. The molecule has 150 valence electrons. The van der Waals surface area contributed by atoms with Crippen molar-refractivity contribution in [3.63, 3.8) is 0 Å². The molecule has 29 heavy (non-hydrogen) atoms. The maximum atomic E-state index is 12.4. The second-order valence-corrected chi connectivity index (χ2v) is 8.31. The highest BCUT2D eigenvalue weighted by Crippen LogP contribution is 2.33. The zero-order valence-corrected chi connectivity index (χ0v) is 17.6. The number of aryl methyl sites for hydroxylation is 1. The van der Waals surface area contributed by atoms with E-state index in [2.05, 4.69) is 52.5 Å². The molecule has 2 heterocycles. The number of aromatic nitrogens is 2. The quantitative estimate of drug-likeness (QED) is 0.702. The molecule has 1 atom stereocenters.